The van der Waals surface area contributed by atoms with Crippen molar-refractivity contribution < 1.29 is 27.2 Å². The normalized spacial score (nSPS) is 19.6. The van der Waals surface area contributed by atoms with Gasteiger partial charge in [-0.2, -0.15) is 0 Å². The molecule has 1 aliphatic heterocycles. The van der Waals surface area contributed by atoms with Gasteiger partial charge >= 0.3 is 0 Å². The van der Waals surface area contributed by atoms with Crippen molar-refractivity contribution in [3.63, 3.8) is 0 Å². The van der Waals surface area contributed by atoms with E-state index in [4.69, 9.17) is 14.2 Å². The Bertz CT molecular complexity index is 1290. The number of halogens is 2. The predicted molar refractivity (Wildman–Crippen MR) is 130 cm³/mol. The van der Waals surface area contributed by atoms with E-state index in [1.807, 2.05) is 13.0 Å². The third kappa shape index (κ3) is 5.72. The van der Waals surface area contributed by atoms with Crippen LogP contribution in [-0.4, -0.2) is 65.0 Å². The van der Waals surface area contributed by atoms with E-state index < -0.39 is 34.4 Å². The van der Waals surface area contributed by atoms with Crippen LogP contribution in [0.3, 0.4) is 0 Å². The van der Waals surface area contributed by atoms with E-state index in [9.17, 15) is 13.0 Å². The number of nitrogens with one attached hydrogen (secondary N) is 2. The number of alkyl halides is 1. The summed E-state index contributed by atoms with van der Waals surface area (Å²) in [5.41, 5.74) is 2.56. The summed E-state index contributed by atoms with van der Waals surface area (Å²) in [6.45, 7) is 1.72. The van der Waals surface area contributed by atoms with Gasteiger partial charge in [0, 0.05) is 33.1 Å². The fourth-order valence-electron chi connectivity index (χ4n) is 3.76. The summed E-state index contributed by atoms with van der Waals surface area (Å²) in [5, 5.41) is 3.95. The second-order valence-corrected chi connectivity index (χ2v) is 10.3. The zero-order valence-corrected chi connectivity index (χ0v) is 19.7. The van der Waals surface area contributed by atoms with Crippen LogP contribution < -0.4 is 14.8 Å². The molecule has 3 atom stereocenters. The lowest BCUT2D eigenvalue weighted by Crippen LogP contribution is -2.33. The molecule has 2 N–H and O–H groups in total. The quantitative estimate of drug-likeness (QED) is 0.441. The molecular weight excluding hydrogens is 466 g/mol. The number of fused-ring (bicyclic) bond motifs is 1. The number of hydrogen-bond donors (Lipinski definition) is 2. The van der Waals surface area contributed by atoms with Gasteiger partial charge in [0.05, 0.1) is 31.0 Å². The van der Waals surface area contributed by atoms with Gasteiger partial charge in [-0.3, -0.25) is 0 Å². The second kappa shape index (κ2) is 10.1. The van der Waals surface area contributed by atoms with Gasteiger partial charge < -0.3 is 24.2 Å². The van der Waals surface area contributed by atoms with Crippen molar-refractivity contribution in [3.05, 3.63) is 48.0 Å². The Morgan fingerprint density at radius 1 is 1.24 bits per heavy atom. The zero-order valence-electron chi connectivity index (χ0n) is 18.8. The maximum atomic E-state index is 14.1. The minimum Gasteiger partial charge on any atom is -0.483 e. The molecule has 8 nitrogen and oxygen atoms in total. The van der Waals surface area contributed by atoms with Crippen molar-refractivity contribution in [1.29, 1.82) is 0 Å². The Morgan fingerprint density at radius 3 is 2.79 bits per heavy atom. The molecule has 0 saturated carbocycles. The van der Waals surface area contributed by atoms with Gasteiger partial charge in [-0.05, 0) is 42.6 Å². The van der Waals surface area contributed by atoms with Gasteiger partial charge in [-0.25, -0.2) is 23.0 Å². The molecule has 182 valence electrons. The molecule has 0 aliphatic carbocycles. The predicted octanol–water partition coefficient (Wildman–Crippen LogP) is 3.63. The van der Waals surface area contributed by atoms with Crippen LogP contribution in [0, 0.1) is 12.7 Å². The summed E-state index contributed by atoms with van der Waals surface area (Å²) in [6, 6.07) is 7.70. The molecule has 0 amide bonds. The van der Waals surface area contributed by atoms with Gasteiger partial charge in [0.25, 0.3) is 0 Å². The van der Waals surface area contributed by atoms with Gasteiger partial charge in [-0.1, -0.05) is 0 Å². The molecule has 1 saturated heterocycles. The Balaban J connectivity index is 1.65. The molecule has 34 heavy (non-hydrogen) atoms. The average Bonchev–Trinajstić information content (AvgIpc) is 3.19. The lowest BCUT2D eigenvalue weighted by atomic mass is 10.1. The molecule has 1 aliphatic rings. The highest BCUT2D eigenvalue weighted by molar-refractivity contribution is 8.00. The van der Waals surface area contributed by atoms with Gasteiger partial charge in [-0.15, -0.1) is 0 Å². The van der Waals surface area contributed by atoms with Gasteiger partial charge in [0.1, 0.15) is 36.5 Å². The van der Waals surface area contributed by atoms with E-state index in [2.05, 4.69) is 25.9 Å². The van der Waals surface area contributed by atoms with Crippen molar-refractivity contribution in [2.75, 3.05) is 42.8 Å². The van der Waals surface area contributed by atoms with E-state index in [0.29, 0.717) is 22.7 Å². The fraction of sp³-hybridized carbons (Fsp3) is 0.348. The first-order valence-corrected chi connectivity index (χ1v) is 12.7. The van der Waals surface area contributed by atoms with Crippen LogP contribution >= 0.6 is 0 Å². The highest BCUT2D eigenvalue weighted by atomic mass is 32.2. The number of rotatable bonds is 9. The van der Waals surface area contributed by atoms with Crippen LogP contribution in [0.5, 0.6) is 5.75 Å². The number of benzene rings is 2. The first-order valence-electron chi connectivity index (χ1n) is 10.6. The fourth-order valence-corrected chi connectivity index (χ4v) is 4.38. The minimum atomic E-state index is -2.46. The smallest absolute Gasteiger partial charge is 0.150 e. The maximum absolute atomic E-state index is 14.1. The molecule has 0 bridgehead atoms. The van der Waals surface area contributed by atoms with E-state index in [-0.39, 0.29) is 25.6 Å². The number of aryl methyl sites for hydroxylation is 1. The van der Waals surface area contributed by atoms with E-state index in [0.717, 1.165) is 10.9 Å². The van der Waals surface area contributed by atoms with Crippen LogP contribution in [0.4, 0.5) is 26.0 Å². The maximum Gasteiger partial charge on any atom is 0.150 e. The molecule has 4 rings (SSSR count). The second-order valence-electron chi connectivity index (χ2n) is 8.07. The monoisotopic (exact) mass is 492 g/mol. The molecule has 2 aromatic carbocycles. The number of hydrogen-bond acceptors (Lipinski definition) is 7. The molecule has 3 unspecified atom stereocenters. The summed E-state index contributed by atoms with van der Waals surface area (Å²) in [6.07, 6.45) is 1.94. The van der Waals surface area contributed by atoms with Crippen LogP contribution in [0.1, 0.15) is 5.56 Å². The van der Waals surface area contributed by atoms with Crippen LogP contribution in [0.2, 0.25) is 0 Å². The summed E-state index contributed by atoms with van der Waals surface area (Å²) in [4.78, 5) is 8.70. The Morgan fingerprint density at radius 2 is 2.03 bits per heavy atom. The molecule has 1 aromatic heterocycles. The zero-order chi connectivity index (χ0) is 24.3. The van der Waals surface area contributed by atoms with E-state index in [1.165, 1.54) is 24.7 Å². The summed E-state index contributed by atoms with van der Waals surface area (Å²) in [7, 11) is -2.46. The summed E-state index contributed by atoms with van der Waals surface area (Å²) in [5.74, 6) is 3.88. The average molecular weight is 493 g/mol. The van der Waals surface area contributed by atoms with Crippen molar-refractivity contribution in [3.8, 4) is 5.75 Å². The van der Waals surface area contributed by atoms with E-state index >= 15 is 0 Å². The third-order valence-corrected chi connectivity index (χ3v) is 5.80. The number of anilines is 3. The van der Waals surface area contributed by atoms with Crippen molar-refractivity contribution >= 4 is 43.7 Å². The molecule has 3 aromatic rings. The molecule has 1 fully saturated rings. The summed E-state index contributed by atoms with van der Waals surface area (Å²) >= 11 is 0. The largest absolute Gasteiger partial charge is 0.483 e. The van der Waals surface area contributed by atoms with Gasteiger partial charge in [0.2, 0.25) is 0 Å². The lowest BCUT2D eigenvalue weighted by molar-refractivity contribution is -0.00524. The van der Waals surface area contributed by atoms with Crippen molar-refractivity contribution in [2.24, 2.45) is 0 Å². The molecular formula is C23H26F2N4O4S. The molecule has 0 radical (unpaired) electrons. The first kappa shape index (κ1) is 24.1. The molecule has 11 heteroatoms. The summed E-state index contributed by atoms with van der Waals surface area (Å²) < 4.78 is 58.4. The number of aromatic nitrogens is 2. The van der Waals surface area contributed by atoms with Crippen molar-refractivity contribution in [1.82, 2.24) is 9.97 Å². The highest BCUT2D eigenvalue weighted by Crippen LogP contribution is 2.34. The Kier molecular flexibility index (Phi) is 7.15. The first-order chi connectivity index (χ1) is 16.2. The standard InChI is InChI=1S/C23H26F2N4O4S/c1-14-8-16(29-34(2,3)30)10-18-22(14)23(27-13-26-18)28-17-5-4-15(25)9-19(17)33-21-12-31-11-20(21)32-7-6-24/h4-5,8-10,13,20-21H,2,6-7,11-12H2,1,3H3,(H,29,30)(H,26,27,28). The van der Waals surface area contributed by atoms with Crippen LogP contribution in [-0.2, 0) is 19.2 Å². The Hall–Kier alpha value is -3.02. The topological polar surface area (TPSA) is 94.6 Å². The lowest BCUT2D eigenvalue weighted by Gasteiger charge is -2.22. The molecule has 0 spiro atoms. The highest BCUT2D eigenvalue weighted by Gasteiger charge is 2.31. The van der Waals surface area contributed by atoms with Crippen LogP contribution in [0.25, 0.3) is 10.9 Å². The Labute approximate surface area is 196 Å². The van der Waals surface area contributed by atoms with E-state index in [1.54, 1.807) is 12.1 Å². The number of ether oxygens (including phenoxy) is 3. The SMILES string of the molecule is C=S(C)(=O)Nc1cc(C)c2c(Nc3ccc(F)cc3OC3COCC3OCCF)ncnc2c1. The van der Waals surface area contributed by atoms with Crippen molar-refractivity contribution in [2.45, 2.75) is 19.1 Å². The van der Waals surface area contributed by atoms with Gasteiger partial charge in [0.15, 0.2) is 6.10 Å². The third-order valence-electron chi connectivity index (χ3n) is 5.13. The molecule has 2 heterocycles. The number of nitrogens with zero attached hydrogens (tertiary/aromatic N) is 2. The van der Waals surface area contributed by atoms with Crippen LogP contribution in [0.15, 0.2) is 36.7 Å². The minimum absolute atomic E-state index is 0.0632.